The van der Waals surface area contributed by atoms with Crippen molar-refractivity contribution in [2.75, 3.05) is 12.4 Å². The molecule has 0 saturated carbocycles. The van der Waals surface area contributed by atoms with Crippen LogP contribution in [-0.2, 0) is 4.79 Å². The van der Waals surface area contributed by atoms with E-state index in [1.54, 1.807) is 31.4 Å². The number of methoxy groups -OCH3 is 1. The lowest BCUT2D eigenvalue weighted by atomic mass is 10.1. The van der Waals surface area contributed by atoms with Crippen LogP contribution in [0.4, 0.5) is 5.69 Å². The second-order valence-electron chi connectivity index (χ2n) is 6.89. The molecule has 1 atom stereocenters. The van der Waals surface area contributed by atoms with Crippen molar-refractivity contribution in [2.45, 2.75) is 23.6 Å². The summed E-state index contributed by atoms with van der Waals surface area (Å²) in [7, 11) is 1.59. The van der Waals surface area contributed by atoms with Gasteiger partial charge in [-0.3, -0.25) is 9.32 Å². The predicted octanol–water partition coefficient (Wildman–Crippen LogP) is 3.92. The van der Waals surface area contributed by atoms with E-state index < -0.39 is 10.9 Å². The summed E-state index contributed by atoms with van der Waals surface area (Å²) in [5.41, 5.74) is 0.878. The van der Waals surface area contributed by atoms with Gasteiger partial charge < -0.3 is 10.1 Å². The monoisotopic (exact) mass is 436 g/mol. The minimum absolute atomic E-state index is 0.176. The number of carbonyl (C=O) groups excluding carboxylic acids is 1. The van der Waals surface area contributed by atoms with Crippen molar-refractivity contribution in [3.63, 3.8) is 0 Å². The highest BCUT2D eigenvalue weighted by Gasteiger charge is 2.30. The molecule has 0 spiro atoms. The Morgan fingerprint density at radius 3 is 2.58 bits per heavy atom. The number of carbonyl (C=O) groups is 1. The number of amides is 1. The molecule has 3 aromatic carbocycles. The molecule has 4 aromatic rings. The number of H-pyrrole nitrogens is 1. The van der Waals surface area contributed by atoms with Crippen LogP contribution in [0.1, 0.15) is 13.3 Å². The second-order valence-corrected chi connectivity index (χ2v) is 8.08. The Morgan fingerprint density at radius 2 is 1.87 bits per heavy atom. The van der Waals surface area contributed by atoms with Crippen LogP contribution in [0.15, 0.2) is 81.1 Å². The van der Waals surface area contributed by atoms with E-state index >= 15 is 0 Å². The van der Waals surface area contributed by atoms with Crippen molar-refractivity contribution in [1.29, 1.82) is 0 Å². The number of nitrogens with zero attached hydrogens (tertiary/aromatic N) is 1. The summed E-state index contributed by atoms with van der Waals surface area (Å²) in [4.78, 5) is 25.3. The van der Waals surface area contributed by atoms with Gasteiger partial charge in [0.25, 0.3) is 0 Å². The molecule has 0 aliphatic rings. The smallest absolute Gasteiger partial charge is 0.442 e. The van der Waals surface area contributed by atoms with Crippen molar-refractivity contribution in [3.05, 3.63) is 77.2 Å². The number of hydrogen-bond acceptors (Lipinski definition) is 5. The number of anilines is 1. The third-order valence-electron chi connectivity index (χ3n) is 4.87. The van der Waals surface area contributed by atoms with Crippen LogP contribution in [0.3, 0.4) is 0 Å². The maximum Gasteiger partial charge on any atom is 0.442 e. The summed E-state index contributed by atoms with van der Waals surface area (Å²) < 4.78 is 11.7. The molecule has 7 nitrogen and oxygen atoms in total. The van der Waals surface area contributed by atoms with E-state index in [9.17, 15) is 9.59 Å². The Labute approximate surface area is 183 Å². The van der Waals surface area contributed by atoms with Crippen molar-refractivity contribution in [1.82, 2.24) is 5.27 Å². The fourth-order valence-electron chi connectivity index (χ4n) is 3.21. The van der Waals surface area contributed by atoms with Gasteiger partial charge in [0.1, 0.15) is 5.75 Å². The summed E-state index contributed by atoms with van der Waals surface area (Å²) in [5.74, 6) is 0.523. The average molecular weight is 437 g/mol. The van der Waals surface area contributed by atoms with Crippen molar-refractivity contribution >= 4 is 34.1 Å². The molecule has 0 aliphatic carbocycles. The molecule has 4 rings (SSSR count). The third-order valence-corrected chi connectivity index (χ3v) is 6.28. The van der Waals surface area contributed by atoms with Gasteiger partial charge in [0.05, 0.1) is 12.4 Å². The molecular weight excluding hydrogens is 414 g/mol. The van der Waals surface area contributed by atoms with Crippen LogP contribution >= 0.6 is 11.8 Å². The van der Waals surface area contributed by atoms with Gasteiger partial charge in [0.15, 0.2) is 0 Å². The summed E-state index contributed by atoms with van der Waals surface area (Å²) in [6.07, 6.45) is 0.539. The lowest BCUT2D eigenvalue weighted by Gasteiger charge is -2.12. The highest BCUT2D eigenvalue weighted by atomic mass is 32.2. The van der Waals surface area contributed by atoms with E-state index in [-0.39, 0.29) is 5.91 Å². The van der Waals surface area contributed by atoms with E-state index in [1.807, 2.05) is 49.4 Å². The molecule has 1 unspecified atom stereocenters. The zero-order valence-corrected chi connectivity index (χ0v) is 17.9. The van der Waals surface area contributed by atoms with Gasteiger partial charge >= 0.3 is 10.7 Å². The van der Waals surface area contributed by atoms with Crippen LogP contribution in [0.5, 0.6) is 5.75 Å². The first-order valence-corrected chi connectivity index (χ1v) is 10.7. The number of aromatic amines is 1. The maximum absolute atomic E-state index is 12.9. The summed E-state index contributed by atoms with van der Waals surface area (Å²) >= 11 is 1.17. The molecule has 31 heavy (non-hydrogen) atoms. The Kier molecular flexibility index (Phi) is 6.08. The molecule has 0 saturated heterocycles. The van der Waals surface area contributed by atoms with Gasteiger partial charge in [0, 0.05) is 17.8 Å². The van der Waals surface area contributed by atoms with Crippen LogP contribution in [0.2, 0.25) is 0 Å². The molecule has 0 radical (unpaired) electrons. The number of rotatable bonds is 7. The molecule has 1 amide bonds. The van der Waals surface area contributed by atoms with E-state index in [4.69, 9.17) is 9.26 Å². The van der Waals surface area contributed by atoms with Gasteiger partial charge in [0.2, 0.25) is 11.6 Å². The molecule has 0 aliphatic heterocycles. The highest BCUT2D eigenvalue weighted by Crippen LogP contribution is 2.24. The molecule has 0 bridgehead atoms. The van der Waals surface area contributed by atoms with Crippen molar-refractivity contribution in [3.8, 4) is 11.4 Å². The number of fused-ring (bicyclic) bond motifs is 1. The lowest BCUT2D eigenvalue weighted by Crippen LogP contribution is -2.37. The maximum atomic E-state index is 12.9. The number of nitrogens with one attached hydrogen (secondary N) is 2. The van der Waals surface area contributed by atoms with Crippen LogP contribution in [0, 0.1) is 0 Å². The summed E-state index contributed by atoms with van der Waals surface area (Å²) in [6, 6.07) is 20.9. The number of ether oxygens (including phenoxy) is 1. The Balaban J connectivity index is 1.55. The van der Waals surface area contributed by atoms with Gasteiger partial charge in [-0.25, -0.2) is 4.79 Å². The normalized spacial score (nSPS) is 11.9. The molecule has 1 aromatic heterocycles. The minimum Gasteiger partial charge on any atom is -0.497 e. The minimum atomic E-state index is -0.530. The van der Waals surface area contributed by atoms with Gasteiger partial charge in [-0.1, -0.05) is 37.3 Å². The molecule has 158 valence electrons. The zero-order valence-electron chi connectivity index (χ0n) is 17.1. The summed E-state index contributed by atoms with van der Waals surface area (Å²) in [6.45, 7) is 1.91. The quantitative estimate of drug-likeness (QED) is 0.339. The van der Waals surface area contributed by atoms with Crippen molar-refractivity contribution < 1.29 is 18.7 Å². The highest BCUT2D eigenvalue weighted by molar-refractivity contribution is 8.00. The molecule has 0 fully saturated rings. The van der Waals surface area contributed by atoms with Crippen LogP contribution in [-0.4, -0.2) is 23.5 Å². The second kappa shape index (κ2) is 9.09. The van der Waals surface area contributed by atoms with Crippen LogP contribution < -0.4 is 20.4 Å². The first-order valence-electron chi connectivity index (χ1n) is 9.83. The van der Waals surface area contributed by atoms with E-state index in [0.717, 1.165) is 10.8 Å². The lowest BCUT2D eigenvalue weighted by molar-refractivity contribution is -0.704. The first-order chi connectivity index (χ1) is 15.1. The molecular formula is C23H22N3O4S+. The molecule has 8 heteroatoms. The first kappa shape index (κ1) is 20.7. The number of aromatic nitrogens is 2. The Bertz CT molecular complexity index is 1260. The van der Waals surface area contributed by atoms with Crippen molar-refractivity contribution in [2.24, 2.45) is 0 Å². The largest absolute Gasteiger partial charge is 0.497 e. The van der Waals surface area contributed by atoms with Gasteiger partial charge in [-0.15, -0.1) is 0 Å². The topological polar surface area (TPSA) is 88.2 Å². The van der Waals surface area contributed by atoms with Gasteiger partial charge in [-0.05, 0) is 63.2 Å². The Hall–Kier alpha value is -3.52. The standard InChI is InChI=1S/C23H21N3O4S/c1-3-20(21(27)24-17-9-8-15-6-4-5-7-16(15)14-17)31-22-23(28)30-25-26(22)18-10-12-19(29-2)13-11-18/h4-14,20H,3H2,1-2H3,(H-,24,25,27,28)/p+1. The predicted molar refractivity (Wildman–Crippen MR) is 120 cm³/mol. The fraction of sp³-hybridized carbons (Fsp3) is 0.174. The number of hydrogen-bond donors (Lipinski definition) is 2. The fourth-order valence-corrected chi connectivity index (χ4v) is 4.20. The molecule has 1 heterocycles. The van der Waals surface area contributed by atoms with E-state index in [1.165, 1.54) is 16.4 Å². The number of thioether (sulfide) groups is 1. The molecule has 2 N–H and O–H groups in total. The Morgan fingerprint density at radius 1 is 1.13 bits per heavy atom. The van der Waals surface area contributed by atoms with E-state index in [2.05, 4.69) is 10.6 Å². The third kappa shape index (κ3) is 4.49. The summed E-state index contributed by atoms with van der Waals surface area (Å²) in [5, 5.41) is 7.53. The van der Waals surface area contributed by atoms with Gasteiger partial charge in [-0.2, -0.15) is 0 Å². The number of benzene rings is 3. The average Bonchev–Trinajstić information content (AvgIpc) is 3.17. The zero-order chi connectivity index (χ0) is 21.8. The van der Waals surface area contributed by atoms with E-state index in [0.29, 0.717) is 28.6 Å². The van der Waals surface area contributed by atoms with Crippen LogP contribution in [0.25, 0.3) is 16.5 Å². The SMILES string of the molecule is CCC(Sc1c(=O)o[nH][n+]1-c1ccc(OC)cc1)C(=O)Nc1ccc2ccccc2c1.